The van der Waals surface area contributed by atoms with Gasteiger partial charge in [-0.15, -0.1) is 0 Å². The number of hydrogen-bond donors (Lipinski definition) is 3. The summed E-state index contributed by atoms with van der Waals surface area (Å²) in [6.45, 7) is -0.183. The van der Waals surface area contributed by atoms with Gasteiger partial charge in [0.1, 0.15) is 18.0 Å². The van der Waals surface area contributed by atoms with Crippen LogP contribution in [0.4, 0.5) is 4.39 Å². The smallest absolute Gasteiger partial charge is 0.146 e. The molecule has 0 aliphatic heterocycles. The lowest BCUT2D eigenvalue weighted by molar-refractivity contribution is 0.0222. The van der Waals surface area contributed by atoms with Gasteiger partial charge < -0.3 is 15.9 Å². The third-order valence-corrected chi connectivity index (χ3v) is 2.07. The fraction of sp³-hybridized carbons (Fsp3) is 0.300. The average Bonchev–Trinajstić information content (AvgIpc) is 2.27. The molecule has 0 bridgehead atoms. The normalized spacial score (nSPS) is 14.3. The van der Waals surface area contributed by atoms with E-state index in [4.69, 9.17) is 11.0 Å². The van der Waals surface area contributed by atoms with Crippen molar-refractivity contribution in [1.29, 1.82) is 5.26 Å². The van der Waals surface area contributed by atoms with Crippen molar-refractivity contribution >= 4 is 0 Å². The first-order chi connectivity index (χ1) is 7.11. The minimum absolute atomic E-state index is 0.119. The Morgan fingerprint density at radius 3 is 2.67 bits per heavy atom. The topological polar surface area (TPSA) is 90.3 Å². The molecule has 0 heterocycles. The highest BCUT2D eigenvalue weighted by Crippen LogP contribution is 2.21. The number of aliphatic hydroxyl groups excluding tert-OH is 2. The van der Waals surface area contributed by atoms with Gasteiger partial charge in [0.05, 0.1) is 11.7 Å². The molecule has 0 aliphatic rings. The van der Waals surface area contributed by atoms with Crippen molar-refractivity contribution in [3.8, 4) is 6.07 Å². The van der Waals surface area contributed by atoms with Crippen molar-refractivity contribution in [3.05, 3.63) is 35.1 Å². The average molecular weight is 210 g/mol. The molecule has 15 heavy (non-hydrogen) atoms. The van der Waals surface area contributed by atoms with Crippen LogP contribution < -0.4 is 5.73 Å². The summed E-state index contributed by atoms with van der Waals surface area (Å²) in [4.78, 5) is 0. The van der Waals surface area contributed by atoms with E-state index in [0.29, 0.717) is 0 Å². The van der Waals surface area contributed by atoms with Gasteiger partial charge in [0.15, 0.2) is 0 Å². The summed E-state index contributed by atoms with van der Waals surface area (Å²) in [5, 5.41) is 27.3. The Kier molecular flexibility index (Phi) is 3.74. The molecule has 0 amide bonds. The van der Waals surface area contributed by atoms with Gasteiger partial charge in [-0.2, -0.15) is 5.26 Å². The van der Waals surface area contributed by atoms with Gasteiger partial charge in [0.2, 0.25) is 0 Å². The molecule has 1 aromatic rings. The van der Waals surface area contributed by atoms with Crippen molar-refractivity contribution in [2.24, 2.45) is 5.73 Å². The second-order valence-electron chi connectivity index (χ2n) is 3.07. The molecular formula is C10H11FN2O2. The van der Waals surface area contributed by atoms with Gasteiger partial charge >= 0.3 is 0 Å². The first-order valence-electron chi connectivity index (χ1n) is 4.36. The molecule has 2 atom stereocenters. The number of benzene rings is 1. The Morgan fingerprint density at radius 1 is 1.47 bits per heavy atom. The highest BCUT2D eigenvalue weighted by molar-refractivity contribution is 5.36. The number of nitrogens with two attached hydrogens (primary N) is 1. The number of rotatable bonds is 3. The van der Waals surface area contributed by atoms with Crippen LogP contribution >= 0.6 is 0 Å². The Bertz CT molecular complexity index is 389. The fourth-order valence-electron chi connectivity index (χ4n) is 1.20. The van der Waals surface area contributed by atoms with E-state index >= 15 is 0 Å². The second kappa shape index (κ2) is 4.84. The molecule has 0 aromatic heterocycles. The maximum Gasteiger partial charge on any atom is 0.146 e. The lowest BCUT2D eigenvalue weighted by Crippen LogP contribution is -2.27. The maximum atomic E-state index is 13.5. The highest BCUT2D eigenvalue weighted by Gasteiger charge is 2.21. The molecule has 1 aromatic carbocycles. The summed E-state index contributed by atoms with van der Waals surface area (Å²) >= 11 is 0. The molecule has 4 N–H and O–H groups in total. The zero-order chi connectivity index (χ0) is 11.4. The molecule has 0 fully saturated rings. The molecule has 0 saturated carbocycles. The number of aliphatic hydroxyl groups is 2. The first-order valence-corrected chi connectivity index (χ1v) is 4.36. The Labute approximate surface area is 86.4 Å². The van der Waals surface area contributed by atoms with Gasteiger partial charge in [0, 0.05) is 12.1 Å². The van der Waals surface area contributed by atoms with E-state index in [1.165, 1.54) is 18.2 Å². The van der Waals surface area contributed by atoms with Crippen molar-refractivity contribution in [3.63, 3.8) is 0 Å². The SMILES string of the molecule is N#Cc1cccc(C(O)C(O)CN)c1F. The number of nitrogens with zero attached hydrogens (tertiary/aromatic N) is 1. The van der Waals surface area contributed by atoms with E-state index in [1.54, 1.807) is 6.07 Å². The van der Waals surface area contributed by atoms with E-state index in [-0.39, 0.29) is 17.7 Å². The molecule has 0 saturated heterocycles. The number of nitriles is 1. The van der Waals surface area contributed by atoms with E-state index in [0.717, 1.165) is 0 Å². The summed E-state index contributed by atoms with van der Waals surface area (Å²) in [5.74, 6) is -0.819. The summed E-state index contributed by atoms with van der Waals surface area (Å²) in [6.07, 6.45) is -2.66. The molecular weight excluding hydrogens is 199 g/mol. The summed E-state index contributed by atoms with van der Waals surface area (Å²) in [6, 6.07) is 5.68. The zero-order valence-electron chi connectivity index (χ0n) is 7.89. The standard InChI is InChI=1S/C10H11FN2O2/c11-9-6(4-12)2-1-3-7(9)10(15)8(14)5-13/h1-3,8,10,14-15H,5,13H2. The minimum atomic E-state index is -1.41. The van der Waals surface area contributed by atoms with Crippen molar-refractivity contribution in [2.75, 3.05) is 6.54 Å². The summed E-state index contributed by atoms with van der Waals surface area (Å²) in [7, 11) is 0. The molecule has 5 heteroatoms. The van der Waals surface area contributed by atoms with Crippen molar-refractivity contribution < 1.29 is 14.6 Å². The lowest BCUT2D eigenvalue weighted by atomic mass is 10.0. The van der Waals surface area contributed by atoms with E-state index < -0.39 is 18.0 Å². The Morgan fingerprint density at radius 2 is 2.13 bits per heavy atom. The van der Waals surface area contributed by atoms with Crippen LogP contribution in [-0.4, -0.2) is 22.9 Å². The van der Waals surface area contributed by atoms with Crippen molar-refractivity contribution in [2.45, 2.75) is 12.2 Å². The molecule has 2 unspecified atom stereocenters. The Hall–Kier alpha value is -1.48. The van der Waals surface area contributed by atoms with E-state index in [2.05, 4.69) is 0 Å². The van der Waals surface area contributed by atoms with Gasteiger partial charge in [-0.05, 0) is 6.07 Å². The first kappa shape index (κ1) is 11.6. The monoisotopic (exact) mass is 210 g/mol. The summed E-state index contributed by atoms with van der Waals surface area (Å²) < 4.78 is 13.5. The van der Waals surface area contributed by atoms with E-state index in [1.807, 2.05) is 0 Å². The molecule has 0 spiro atoms. The fourth-order valence-corrected chi connectivity index (χ4v) is 1.20. The minimum Gasteiger partial charge on any atom is -0.389 e. The lowest BCUT2D eigenvalue weighted by Gasteiger charge is -2.17. The summed E-state index contributed by atoms with van der Waals surface area (Å²) in [5.41, 5.74) is 4.84. The van der Waals surface area contributed by atoms with Crippen molar-refractivity contribution in [1.82, 2.24) is 0 Å². The van der Waals surface area contributed by atoms with Crippen LogP contribution in [0.2, 0.25) is 0 Å². The maximum absolute atomic E-state index is 13.5. The van der Waals surface area contributed by atoms with Crippen LogP contribution in [0.3, 0.4) is 0 Å². The highest BCUT2D eigenvalue weighted by atomic mass is 19.1. The third kappa shape index (κ3) is 2.30. The van der Waals surface area contributed by atoms with Gasteiger partial charge in [-0.3, -0.25) is 0 Å². The number of hydrogen-bond acceptors (Lipinski definition) is 4. The zero-order valence-corrected chi connectivity index (χ0v) is 7.89. The van der Waals surface area contributed by atoms with Gasteiger partial charge in [-0.25, -0.2) is 4.39 Å². The van der Waals surface area contributed by atoms with Crippen LogP contribution in [0.25, 0.3) is 0 Å². The van der Waals surface area contributed by atoms with Crippen LogP contribution in [0.15, 0.2) is 18.2 Å². The molecule has 1 rings (SSSR count). The van der Waals surface area contributed by atoms with Gasteiger partial charge in [-0.1, -0.05) is 12.1 Å². The second-order valence-corrected chi connectivity index (χ2v) is 3.07. The molecule has 80 valence electrons. The van der Waals surface area contributed by atoms with E-state index in [9.17, 15) is 14.6 Å². The van der Waals surface area contributed by atoms with Crippen LogP contribution in [0.1, 0.15) is 17.2 Å². The van der Waals surface area contributed by atoms with Crippen LogP contribution in [0.5, 0.6) is 0 Å². The molecule has 0 radical (unpaired) electrons. The third-order valence-electron chi connectivity index (χ3n) is 2.07. The number of halogens is 1. The predicted molar refractivity (Wildman–Crippen MR) is 51.1 cm³/mol. The quantitative estimate of drug-likeness (QED) is 0.657. The molecule has 4 nitrogen and oxygen atoms in total. The predicted octanol–water partition coefficient (Wildman–Crippen LogP) is 0.0504. The largest absolute Gasteiger partial charge is 0.389 e. The van der Waals surface area contributed by atoms with Crippen LogP contribution in [-0.2, 0) is 0 Å². The molecule has 0 aliphatic carbocycles. The van der Waals surface area contributed by atoms with Crippen LogP contribution in [0, 0.1) is 17.1 Å². The Balaban J connectivity index is 3.10. The van der Waals surface area contributed by atoms with Gasteiger partial charge in [0.25, 0.3) is 0 Å².